The summed E-state index contributed by atoms with van der Waals surface area (Å²) in [5.74, 6) is 5.28. The van der Waals surface area contributed by atoms with E-state index in [0.717, 1.165) is 5.56 Å². The first-order valence-corrected chi connectivity index (χ1v) is 3.13. The van der Waals surface area contributed by atoms with E-state index in [1.54, 1.807) is 24.3 Å². The van der Waals surface area contributed by atoms with Crippen LogP contribution in [0.5, 0.6) is 0 Å². The molecule has 0 aromatic heterocycles. The van der Waals surface area contributed by atoms with Gasteiger partial charge in [0, 0.05) is 11.3 Å². The van der Waals surface area contributed by atoms with Crippen molar-refractivity contribution in [2.24, 2.45) is 16.7 Å². The molecule has 6 N–H and O–H groups in total. The van der Waals surface area contributed by atoms with E-state index < -0.39 is 0 Å². The Morgan fingerprint density at radius 2 is 1.73 bits per heavy atom. The van der Waals surface area contributed by atoms with Crippen LogP contribution in [-0.2, 0) is 0 Å². The van der Waals surface area contributed by atoms with Crippen LogP contribution in [-0.4, -0.2) is 5.84 Å². The zero-order valence-electron chi connectivity index (χ0n) is 5.99. The number of nitrogen functional groups attached to an aromatic ring is 1. The molecule has 1 rings (SSSR count). The van der Waals surface area contributed by atoms with Crippen molar-refractivity contribution in [1.82, 2.24) is 0 Å². The lowest BCUT2D eigenvalue weighted by molar-refractivity contribution is 1.23. The van der Waals surface area contributed by atoms with E-state index in [0.29, 0.717) is 11.5 Å². The lowest BCUT2D eigenvalue weighted by Crippen LogP contribution is -2.15. The Hall–Kier alpha value is -1.71. The van der Waals surface area contributed by atoms with Gasteiger partial charge in [-0.3, -0.25) is 0 Å². The Kier molecular flexibility index (Phi) is 1.96. The van der Waals surface area contributed by atoms with Crippen LogP contribution >= 0.6 is 0 Å². The molecule has 0 spiro atoms. The molecule has 1 aromatic rings. The summed E-state index contributed by atoms with van der Waals surface area (Å²) < 4.78 is 0. The smallest absolute Gasteiger partial charge is 0.150 e. The zero-order valence-corrected chi connectivity index (χ0v) is 5.99. The normalized spacial score (nSPS) is 11.5. The SMILES string of the molecule is N/N=C(/N)c1ccc(N)cc1. The Labute approximate surface area is 64.7 Å². The average Bonchev–Trinajstić information content (AvgIpc) is 2.05. The molecule has 0 aliphatic rings. The average molecular weight is 150 g/mol. The van der Waals surface area contributed by atoms with Crippen LogP contribution in [0.4, 0.5) is 5.69 Å². The second-order valence-corrected chi connectivity index (χ2v) is 2.14. The minimum atomic E-state index is 0.310. The van der Waals surface area contributed by atoms with Gasteiger partial charge < -0.3 is 17.3 Å². The summed E-state index contributed by atoms with van der Waals surface area (Å²) >= 11 is 0. The highest BCUT2D eigenvalue weighted by molar-refractivity contribution is 5.97. The van der Waals surface area contributed by atoms with E-state index in [4.69, 9.17) is 17.3 Å². The monoisotopic (exact) mass is 150 g/mol. The maximum atomic E-state index is 5.46. The molecule has 0 aliphatic heterocycles. The maximum Gasteiger partial charge on any atom is 0.150 e. The zero-order chi connectivity index (χ0) is 8.27. The minimum absolute atomic E-state index is 0.310. The first-order chi connectivity index (χ1) is 5.24. The first kappa shape index (κ1) is 7.40. The highest BCUT2D eigenvalue weighted by atomic mass is 15.1. The number of amidine groups is 1. The predicted octanol–water partition coefficient (Wildman–Crippen LogP) is -0.152. The Bertz CT molecular complexity index is 262. The first-order valence-electron chi connectivity index (χ1n) is 3.13. The molecule has 4 nitrogen and oxygen atoms in total. The molecule has 11 heavy (non-hydrogen) atoms. The quantitative estimate of drug-likeness (QED) is 0.171. The molecule has 0 fully saturated rings. The molecule has 0 unspecified atom stereocenters. The number of hydrogen-bond acceptors (Lipinski definition) is 3. The van der Waals surface area contributed by atoms with Crippen molar-refractivity contribution in [2.75, 3.05) is 5.73 Å². The lowest BCUT2D eigenvalue weighted by Gasteiger charge is -1.98. The van der Waals surface area contributed by atoms with E-state index in [1.807, 2.05) is 0 Å². The summed E-state index contributed by atoms with van der Waals surface area (Å²) in [5, 5.41) is 3.34. The molecular formula is C7H10N4. The molecule has 0 saturated carbocycles. The number of hydrazone groups is 1. The fourth-order valence-electron chi connectivity index (χ4n) is 0.728. The van der Waals surface area contributed by atoms with Crippen LogP contribution in [0, 0.1) is 0 Å². The van der Waals surface area contributed by atoms with Gasteiger partial charge >= 0.3 is 0 Å². The van der Waals surface area contributed by atoms with Crippen LogP contribution in [0.2, 0.25) is 0 Å². The molecule has 58 valence electrons. The van der Waals surface area contributed by atoms with E-state index in [-0.39, 0.29) is 0 Å². The largest absolute Gasteiger partial charge is 0.399 e. The summed E-state index contributed by atoms with van der Waals surface area (Å²) in [6, 6.07) is 7.02. The van der Waals surface area contributed by atoms with E-state index in [1.165, 1.54) is 0 Å². The second kappa shape index (κ2) is 2.92. The Balaban J connectivity index is 2.99. The van der Waals surface area contributed by atoms with Gasteiger partial charge in [0.1, 0.15) is 5.84 Å². The van der Waals surface area contributed by atoms with Crippen LogP contribution in [0.25, 0.3) is 0 Å². The van der Waals surface area contributed by atoms with E-state index in [2.05, 4.69) is 5.10 Å². The Morgan fingerprint density at radius 1 is 1.18 bits per heavy atom. The van der Waals surface area contributed by atoms with Gasteiger partial charge in [0.25, 0.3) is 0 Å². The number of benzene rings is 1. The third-order valence-electron chi connectivity index (χ3n) is 1.35. The van der Waals surface area contributed by atoms with Crippen LogP contribution in [0.3, 0.4) is 0 Å². The van der Waals surface area contributed by atoms with Crippen molar-refractivity contribution in [2.45, 2.75) is 0 Å². The van der Waals surface area contributed by atoms with Crippen molar-refractivity contribution in [1.29, 1.82) is 0 Å². The molecule has 0 saturated heterocycles. The molecular weight excluding hydrogens is 140 g/mol. The van der Waals surface area contributed by atoms with Crippen molar-refractivity contribution in [3.8, 4) is 0 Å². The maximum absolute atomic E-state index is 5.46. The topological polar surface area (TPSA) is 90.4 Å². The second-order valence-electron chi connectivity index (χ2n) is 2.14. The fourth-order valence-corrected chi connectivity index (χ4v) is 0.728. The molecule has 0 radical (unpaired) electrons. The highest BCUT2D eigenvalue weighted by Crippen LogP contribution is 2.04. The van der Waals surface area contributed by atoms with E-state index >= 15 is 0 Å². The van der Waals surface area contributed by atoms with Gasteiger partial charge in [0.15, 0.2) is 0 Å². The summed E-state index contributed by atoms with van der Waals surface area (Å²) in [6.45, 7) is 0. The molecule has 0 bridgehead atoms. The van der Waals surface area contributed by atoms with Gasteiger partial charge in [-0.15, -0.1) is 0 Å². The van der Waals surface area contributed by atoms with Gasteiger partial charge in [-0.25, -0.2) is 0 Å². The third-order valence-corrected chi connectivity index (χ3v) is 1.35. The summed E-state index contributed by atoms with van der Waals surface area (Å²) in [5.41, 5.74) is 12.4. The molecule has 0 amide bonds. The van der Waals surface area contributed by atoms with Crippen molar-refractivity contribution < 1.29 is 0 Å². The van der Waals surface area contributed by atoms with Crippen molar-refractivity contribution in [3.05, 3.63) is 29.8 Å². The number of nitrogens with two attached hydrogens (primary N) is 3. The third kappa shape index (κ3) is 1.61. The number of rotatable bonds is 1. The Morgan fingerprint density at radius 3 is 2.18 bits per heavy atom. The lowest BCUT2D eigenvalue weighted by atomic mass is 10.2. The molecule has 1 aromatic carbocycles. The van der Waals surface area contributed by atoms with Gasteiger partial charge in [-0.05, 0) is 24.3 Å². The standard InChI is InChI=1S/C7H10N4/c8-6-3-1-5(2-4-6)7(9)11-10/h1-4H,8,10H2,(H2,9,11). The number of nitrogens with zero attached hydrogens (tertiary/aromatic N) is 1. The van der Waals surface area contributed by atoms with Gasteiger partial charge in [0.05, 0.1) is 0 Å². The molecule has 0 atom stereocenters. The number of hydrogen-bond donors (Lipinski definition) is 3. The van der Waals surface area contributed by atoms with Gasteiger partial charge in [-0.1, -0.05) is 0 Å². The van der Waals surface area contributed by atoms with Gasteiger partial charge in [0.2, 0.25) is 0 Å². The van der Waals surface area contributed by atoms with Crippen LogP contribution in [0.15, 0.2) is 29.4 Å². The van der Waals surface area contributed by atoms with Crippen LogP contribution < -0.4 is 17.3 Å². The van der Waals surface area contributed by atoms with Crippen LogP contribution in [0.1, 0.15) is 5.56 Å². The van der Waals surface area contributed by atoms with Crippen molar-refractivity contribution in [3.63, 3.8) is 0 Å². The van der Waals surface area contributed by atoms with Crippen molar-refractivity contribution >= 4 is 11.5 Å². The molecule has 0 heterocycles. The summed E-state index contributed by atoms with van der Waals surface area (Å²) in [6.07, 6.45) is 0. The van der Waals surface area contributed by atoms with E-state index in [9.17, 15) is 0 Å². The molecule has 0 aliphatic carbocycles. The summed E-state index contributed by atoms with van der Waals surface area (Å²) in [4.78, 5) is 0. The minimum Gasteiger partial charge on any atom is -0.399 e. The summed E-state index contributed by atoms with van der Waals surface area (Å²) in [7, 11) is 0. The number of anilines is 1. The van der Waals surface area contributed by atoms with Gasteiger partial charge in [-0.2, -0.15) is 5.10 Å². The molecule has 4 heteroatoms. The fraction of sp³-hybridized carbons (Fsp3) is 0. The predicted molar refractivity (Wildman–Crippen MR) is 45.8 cm³/mol. The highest BCUT2D eigenvalue weighted by Gasteiger charge is 1.94.